The topological polar surface area (TPSA) is 92.9 Å². The maximum Gasteiger partial charge on any atom is 0.324 e. The van der Waals surface area contributed by atoms with Crippen LogP contribution in [0.2, 0.25) is 0 Å². The molecule has 8 heteroatoms. The van der Waals surface area contributed by atoms with E-state index in [1.54, 1.807) is 13.8 Å². The van der Waals surface area contributed by atoms with Gasteiger partial charge in [0.15, 0.2) is 0 Å². The lowest BCUT2D eigenvalue weighted by molar-refractivity contribution is -0.147. The van der Waals surface area contributed by atoms with Gasteiger partial charge in [-0.05, 0) is 13.8 Å². The van der Waals surface area contributed by atoms with Gasteiger partial charge in [0.25, 0.3) is 0 Å². The van der Waals surface area contributed by atoms with Crippen LogP contribution in [-0.4, -0.2) is 69.5 Å². The summed E-state index contributed by atoms with van der Waals surface area (Å²) in [7, 11) is -2.05. The molecule has 1 atom stereocenters. The van der Waals surface area contributed by atoms with E-state index in [1.807, 2.05) is 4.90 Å². The van der Waals surface area contributed by atoms with Gasteiger partial charge >= 0.3 is 5.97 Å². The Bertz CT molecular complexity index is 463. The van der Waals surface area contributed by atoms with Gasteiger partial charge in [-0.2, -0.15) is 4.31 Å². The van der Waals surface area contributed by atoms with E-state index in [0.29, 0.717) is 26.2 Å². The molecule has 116 valence electrons. The maximum atomic E-state index is 12.0. The van der Waals surface area contributed by atoms with E-state index < -0.39 is 16.1 Å². The molecule has 0 bridgehead atoms. The zero-order valence-corrected chi connectivity index (χ0v) is 13.0. The van der Waals surface area contributed by atoms with Crippen LogP contribution < -0.4 is 5.73 Å². The van der Waals surface area contributed by atoms with Gasteiger partial charge in [0.05, 0.1) is 7.11 Å². The van der Waals surface area contributed by atoms with Crippen LogP contribution in [0.1, 0.15) is 13.8 Å². The molecular weight excluding hydrogens is 282 g/mol. The Morgan fingerprint density at radius 3 is 2.25 bits per heavy atom. The first-order chi connectivity index (χ1) is 9.31. The SMILES string of the molecule is COC(=O)[C@H](CN)N1CCN(S(=O)(=O)C=C(C)C)CC1. The van der Waals surface area contributed by atoms with Crippen LogP contribution in [0, 0.1) is 0 Å². The first kappa shape index (κ1) is 17.1. The van der Waals surface area contributed by atoms with E-state index in [1.165, 1.54) is 16.8 Å². The van der Waals surface area contributed by atoms with Crippen molar-refractivity contribution in [2.24, 2.45) is 5.73 Å². The number of nitrogens with two attached hydrogens (primary N) is 1. The number of carbonyl (C=O) groups is 1. The second-order valence-electron chi connectivity index (χ2n) is 4.95. The summed E-state index contributed by atoms with van der Waals surface area (Å²) in [5.74, 6) is -0.381. The first-order valence-corrected chi connectivity index (χ1v) is 7.99. The van der Waals surface area contributed by atoms with Crippen LogP contribution in [0.3, 0.4) is 0 Å². The fourth-order valence-electron chi connectivity index (χ4n) is 2.17. The Kier molecular flexibility index (Phi) is 6.12. The first-order valence-electron chi connectivity index (χ1n) is 6.49. The number of sulfonamides is 1. The van der Waals surface area contributed by atoms with Crippen LogP contribution in [0.5, 0.6) is 0 Å². The molecule has 20 heavy (non-hydrogen) atoms. The van der Waals surface area contributed by atoms with Crippen LogP contribution in [0.15, 0.2) is 11.0 Å². The predicted molar refractivity (Wildman–Crippen MR) is 76.4 cm³/mol. The molecule has 1 aliphatic rings. The molecule has 1 fully saturated rings. The highest BCUT2D eigenvalue weighted by atomic mass is 32.2. The molecule has 0 radical (unpaired) electrons. The van der Waals surface area contributed by atoms with Crippen LogP contribution in [-0.2, 0) is 19.6 Å². The summed E-state index contributed by atoms with van der Waals surface area (Å²) < 4.78 is 30.2. The fourth-order valence-corrected chi connectivity index (χ4v) is 3.59. The lowest BCUT2D eigenvalue weighted by Crippen LogP contribution is -2.56. The minimum Gasteiger partial charge on any atom is -0.468 e. The van der Waals surface area contributed by atoms with E-state index >= 15 is 0 Å². The lowest BCUT2D eigenvalue weighted by Gasteiger charge is -2.36. The number of rotatable bonds is 5. The Balaban J connectivity index is 2.68. The van der Waals surface area contributed by atoms with Crippen molar-refractivity contribution < 1.29 is 17.9 Å². The largest absolute Gasteiger partial charge is 0.468 e. The van der Waals surface area contributed by atoms with Crippen LogP contribution in [0.25, 0.3) is 0 Å². The van der Waals surface area contributed by atoms with E-state index in [4.69, 9.17) is 10.5 Å². The predicted octanol–water partition coefficient (Wildman–Crippen LogP) is -0.642. The van der Waals surface area contributed by atoms with Gasteiger partial charge in [0.1, 0.15) is 6.04 Å². The standard InChI is InChI=1S/C12H23N3O4S/c1-10(2)9-20(17,18)15-6-4-14(5-7-15)11(8-13)12(16)19-3/h9,11H,4-8,13H2,1-3H3/t11-/m0/s1. The highest BCUT2D eigenvalue weighted by molar-refractivity contribution is 7.92. The number of ether oxygens (including phenoxy) is 1. The molecule has 0 saturated carbocycles. The number of hydrogen-bond acceptors (Lipinski definition) is 6. The molecule has 1 heterocycles. The fraction of sp³-hybridized carbons (Fsp3) is 0.750. The third-order valence-corrected chi connectivity index (χ3v) is 5.01. The zero-order chi connectivity index (χ0) is 15.3. The summed E-state index contributed by atoms with van der Waals surface area (Å²) >= 11 is 0. The Hall–Kier alpha value is -0.960. The van der Waals surface area contributed by atoms with Gasteiger partial charge in [-0.15, -0.1) is 0 Å². The van der Waals surface area contributed by atoms with Crippen LogP contribution in [0.4, 0.5) is 0 Å². The van der Waals surface area contributed by atoms with E-state index in [2.05, 4.69) is 0 Å². The van der Waals surface area contributed by atoms with Crippen molar-refractivity contribution in [2.75, 3.05) is 39.8 Å². The van der Waals surface area contributed by atoms with Crippen molar-refractivity contribution >= 4 is 16.0 Å². The third kappa shape index (κ3) is 4.27. The monoisotopic (exact) mass is 305 g/mol. The summed E-state index contributed by atoms with van der Waals surface area (Å²) in [6.45, 7) is 5.28. The Morgan fingerprint density at radius 2 is 1.85 bits per heavy atom. The Labute approximate surface area is 120 Å². The summed E-state index contributed by atoms with van der Waals surface area (Å²) in [6, 6.07) is -0.506. The quantitative estimate of drug-likeness (QED) is 0.679. The number of methoxy groups -OCH3 is 1. The van der Waals surface area contributed by atoms with Crippen molar-refractivity contribution in [3.05, 3.63) is 11.0 Å². The third-order valence-electron chi connectivity index (χ3n) is 3.16. The maximum absolute atomic E-state index is 12.0. The van der Waals surface area contributed by atoms with Crippen molar-refractivity contribution in [1.29, 1.82) is 0 Å². The highest BCUT2D eigenvalue weighted by Crippen LogP contribution is 2.13. The molecule has 0 amide bonds. The molecule has 0 unspecified atom stereocenters. The summed E-state index contributed by atoms with van der Waals surface area (Å²) in [4.78, 5) is 13.4. The number of piperazine rings is 1. The summed E-state index contributed by atoms with van der Waals surface area (Å²) in [5.41, 5.74) is 6.32. The molecule has 0 spiro atoms. The minimum absolute atomic E-state index is 0.160. The van der Waals surface area contributed by atoms with Crippen molar-refractivity contribution in [2.45, 2.75) is 19.9 Å². The molecule has 1 rings (SSSR count). The van der Waals surface area contributed by atoms with Gasteiger partial charge in [-0.3, -0.25) is 9.69 Å². The van der Waals surface area contributed by atoms with E-state index in [0.717, 1.165) is 5.57 Å². The van der Waals surface area contributed by atoms with Crippen molar-refractivity contribution in [3.63, 3.8) is 0 Å². The van der Waals surface area contributed by atoms with Gasteiger partial charge in [-0.25, -0.2) is 8.42 Å². The second kappa shape index (κ2) is 7.16. The number of nitrogens with zero attached hydrogens (tertiary/aromatic N) is 2. The molecular formula is C12H23N3O4S. The molecule has 2 N–H and O–H groups in total. The molecule has 0 aromatic heterocycles. The van der Waals surface area contributed by atoms with E-state index in [9.17, 15) is 13.2 Å². The molecule has 7 nitrogen and oxygen atoms in total. The number of hydrogen-bond donors (Lipinski definition) is 1. The molecule has 0 aromatic rings. The molecule has 0 aliphatic carbocycles. The molecule has 1 aliphatic heterocycles. The minimum atomic E-state index is -3.37. The molecule has 1 saturated heterocycles. The van der Waals surface area contributed by atoms with Gasteiger partial charge < -0.3 is 10.5 Å². The van der Waals surface area contributed by atoms with E-state index in [-0.39, 0.29) is 12.5 Å². The van der Waals surface area contributed by atoms with Crippen molar-refractivity contribution in [1.82, 2.24) is 9.21 Å². The van der Waals surface area contributed by atoms with Gasteiger partial charge in [-0.1, -0.05) is 5.57 Å². The number of esters is 1. The normalized spacial score (nSPS) is 19.4. The second-order valence-corrected chi connectivity index (χ2v) is 6.73. The molecule has 0 aromatic carbocycles. The van der Waals surface area contributed by atoms with Crippen LogP contribution >= 0.6 is 0 Å². The van der Waals surface area contributed by atoms with Crippen molar-refractivity contribution in [3.8, 4) is 0 Å². The highest BCUT2D eigenvalue weighted by Gasteiger charge is 2.31. The van der Waals surface area contributed by atoms with Gasteiger partial charge in [0.2, 0.25) is 10.0 Å². The average molecular weight is 305 g/mol. The lowest BCUT2D eigenvalue weighted by atomic mass is 10.2. The Morgan fingerprint density at radius 1 is 1.30 bits per heavy atom. The smallest absolute Gasteiger partial charge is 0.324 e. The number of allylic oxidation sites excluding steroid dienone is 1. The summed E-state index contributed by atoms with van der Waals surface area (Å²) in [5, 5.41) is 1.27. The zero-order valence-electron chi connectivity index (χ0n) is 12.2. The summed E-state index contributed by atoms with van der Waals surface area (Å²) in [6.07, 6.45) is 0. The van der Waals surface area contributed by atoms with Gasteiger partial charge in [0, 0.05) is 38.1 Å². The average Bonchev–Trinajstić information content (AvgIpc) is 2.38. The number of carbonyl (C=O) groups excluding carboxylic acids is 1.